The van der Waals surface area contributed by atoms with Gasteiger partial charge in [-0.3, -0.25) is 9.59 Å². The number of para-hydroxylation sites is 2. The number of rotatable bonds is 5. The number of ether oxygens (including phenoxy) is 1. The molecule has 4 rings (SSSR count). The molecule has 0 atom stereocenters. The average molecular weight is 405 g/mol. The summed E-state index contributed by atoms with van der Waals surface area (Å²) in [6.45, 7) is 1.90. The molecule has 3 aromatic rings. The Bertz CT molecular complexity index is 1110. The zero-order chi connectivity index (χ0) is 20.4. The SMILES string of the molecule is Cc1ccccc1NC1=C(Cl)C(=O)N(c2ccc(Oc3ccccc3)cc2)C1=O. The molecule has 0 aromatic heterocycles. The largest absolute Gasteiger partial charge is 0.457 e. The minimum Gasteiger partial charge on any atom is -0.457 e. The molecule has 1 heterocycles. The molecule has 0 saturated heterocycles. The number of benzene rings is 3. The number of halogens is 1. The molecule has 0 unspecified atom stereocenters. The number of nitrogens with zero attached hydrogens (tertiary/aromatic N) is 1. The molecular weight excluding hydrogens is 388 g/mol. The van der Waals surface area contributed by atoms with Crippen LogP contribution in [-0.4, -0.2) is 11.8 Å². The van der Waals surface area contributed by atoms with E-state index in [4.69, 9.17) is 16.3 Å². The van der Waals surface area contributed by atoms with Crippen molar-refractivity contribution in [2.24, 2.45) is 0 Å². The highest BCUT2D eigenvalue weighted by atomic mass is 35.5. The van der Waals surface area contributed by atoms with E-state index in [0.29, 0.717) is 17.2 Å². The van der Waals surface area contributed by atoms with Gasteiger partial charge in [0.05, 0.1) is 5.69 Å². The predicted octanol–water partition coefficient (Wildman–Crippen LogP) is 5.22. The summed E-state index contributed by atoms with van der Waals surface area (Å²) < 4.78 is 5.75. The van der Waals surface area contributed by atoms with Crippen molar-refractivity contribution in [1.29, 1.82) is 0 Å². The monoisotopic (exact) mass is 404 g/mol. The topological polar surface area (TPSA) is 58.6 Å². The molecule has 0 bridgehead atoms. The van der Waals surface area contributed by atoms with E-state index in [1.807, 2.05) is 61.5 Å². The van der Waals surface area contributed by atoms with Gasteiger partial charge in [-0.05, 0) is 55.0 Å². The second-order valence-electron chi connectivity index (χ2n) is 6.48. The van der Waals surface area contributed by atoms with Crippen LogP contribution in [0.25, 0.3) is 0 Å². The first-order valence-electron chi connectivity index (χ1n) is 8.99. The third-order valence-electron chi connectivity index (χ3n) is 4.51. The fourth-order valence-corrected chi connectivity index (χ4v) is 3.19. The number of carbonyl (C=O) groups is 2. The zero-order valence-electron chi connectivity index (χ0n) is 15.6. The minimum absolute atomic E-state index is 0.0654. The molecule has 2 amide bonds. The first kappa shape index (κ1) is 18.8. The quantitative estimate of drug-likeness (QED) is 0.592. The summed E-state index contributed by atoms with van der Waals surface area (Å²) in [5, 5.41) is 2.86. The van der Waals surface area contributed by atoms with Gasteiger partial charge in [-0.2, -0.15) is 0 Å². The van der Waals surface area contributed by atoms with Gasteiger partial charge in [-0.25, -0.2) is 4.90 Å². The fourth-order valence-electron chi connectivity index (χ4n) is 2.98. The second-order valence-corrected chi connectivity index (χ2v) is 6.86. The van der Waals surface area contributed by atoms with Crippen LogP contribution in [0.3, 0.4) is 0 Å². The van der Waals surface area contributed by atoms with E-state index < -0.39 is 11.8 Å². The lowest BCUT2D eigenvalue weighted by atomic mass is 10.2. The molecule has 0 spiro atoms. The third-order valence-corrected chi connectivity index (χ3v) is 4.86. The van der Waals surface area contributed by atoms with E-state index in [0.717, 1.165) is 16.2 Å². The average Bonchev–Trinajstić information content (AvgIpc) is 2.94. The molecule has 0 aliphatic carbocycles. The van der Waals surface area contributed by atoms with Gasteiger partial charge in [0.25, 0.3) is 11.8 Å². The number of aryl methyl sites for hydroxylation is 1. The number of carbonyl (C=O) groups excluding carboxylic acids is 2. The highest BCUT2D eigenvalue weighted by molar-refractivity contribution is 6.53. The summed E-state index contributed by atoms with van der Waals surface area (Å²) in [7, 11) is 0. The normalized spacial score (nSPS) is 13.8. The van der Waals surface area contributed by atoms with Crippen LogP contribution in [0.1, 0.15) is 5.56 Å². The first-order valence-corrected chi connectivity index (χ1v) is 9.36. The Balaban J connectivity index is 1.54. The maximum Gasteiger partial charge on any atom is 0.283 e. The van der Waals surface area contributed by atoms with Crippen molar-refractivity contribution < 1.29 is 14.3 Å². The number of hydrogen-bond acceptors (Lipinski definition) is 4. The zero-order valence-corrected chi connectivity index (χ0v) is 16.3. The predicted molar refractivity (Wildman–Crippen MR) is 113 cm³/mol. The Morgan fingerprint density at radius 1 is 0.793 bits per heavy atom. The number of anilines is 2. The molecule has 29 heavy (non-hydrogen) atoms. The Hall–Kier alpha value is -3.57. The highest BCUT2D eigenvalue weighted by Gasteiger charge is 2.39. The highest BCUT2D eigenvalue weighted by Crippen LogP contribution is 2.32. The van der Waals surface area contributed by atoms with Gasteiger partial charge in [0, 0.05) is 5.69 Å². The molecule has 5 nitrogen and oxygen atoms in total. The van der Waals surface area contributed by atoms with Crippen LogP contribution in [0.5, 0.6) is 11.5 Å². The van der Waals surface area contributed by atoms with Crippen LogP contribution >= 0.6 is 11.6 Å². The summed E-state index contributed by atoms with van der Waals surface area (Å²) in [4.78, 5) is 26.6. The van der Waals surface area contributed by atoms with Gasteiger partial charge in [-0.15, -0.1) is 0 Å². The van der Waals surface area contributed by atoms with Crippen LogP contribution in [0.2, 0.25) is 0 Å². The molecule has 3 aromatic carbocycles. The Kier molecular flexibility index (Phi) is 5.06. The summed E-state index contributed by atoms with van der Waals surface area (Å²) in [5.74, 6) is 0.226. The van der Waals surface area contributed by atoms with E-state index >= 15 is 0 Å². The molecule has 0 saturated carbocycles. The van der Waals surface area contributed by atoms with Crippen molar-refractivity contribution in [3.63, 3.8) is 0 Å². The van der Waals surface area contributed by atoms with Gasteiger partial charge in [0.1, 0.15) is 22.2 Å². The minimum atomic E-state index is -0.565. The number of hydrogen-bond donors (Lipinski definition) is 1. The van der Waals surface area contributed by atoms with Gasteiger partial charge in [-0.1, -0.05) is 48.0 Å². The van der Waals surface area contributed by atoms with Crippen molar-refractivity contribution in [2.75, 3.05) is 10.2 Å². The molecule has 1 aliphatic rings. The molecule has 6 heteroatoms. The Morgan fingerprint density at radius 3 is 2.10 bits per heavy atom. The molecular formula is C23H17ClN2O3. The molecule has 1 aliphatic heterocycles. The second kappa shape index (κ2) is 7.81. The van der Waals surface area contributed by atoms with E-state index in [1.165, 1.54) is 0 Å². The summed E-state index contributed by atoms with van der Waals surface area (Å²) in [5.41, 5.74) is 2.14. The van der Waals surface area contributed by atoms with Crippen molar-refractivity contribution in [3.8, 4) is 11.5 Å². The molecule has 0 radical (unpaired) electrons. The third kappa shape index (κ3) is 3.73. The van der Waals surface area contributed by atoms with Crippen molar-refractivity contribution in [1.82, 2.24) is 0 Å². The van der Waals surface area contributed by atoms with Crippen LogP contribution in [-0.2, 0) is 9.59 Å². The van der Waals surface area contributed by atoms with Crippen LogP contribution < -0.4 is 15.0 Å². The maximum atomic E-state index is 12.9. The van der Waals surface area contributed by atoms with Gasteiger partial charge in [0.15, 0.2) is 0 Å². The number of nitrogens with one attached hydrogen (secondary N) is 1. The number of amides is 2. The van der Waals surface area contributed by atoms with Crippen LogP contribution in [0.15, 0.2) is 89.6 Å². The fraction of sp³-hybridized carbons (Fsp3) is 0.0435. The number of imide groups is 1. The lowest BCUT2D eigenvalue weighted by Gasteiger charge is -2.16. The van der Waals surface area contributed by atoms with Crippen LogP contribution in [0.4, 0.5) is 11.4 Å². The standard InChI is InChI=1S/C23H17ClN2O3/c1-15-7-5-6-10-19(15)25-21-20(24)22(27)26(23(21)28)16-11-13-18(14-12-16)29-17-8-3-2-4-9-17/h2-14,25H,1H3. The Labute approximate surface area is 173 Å². The maximum absolute atomic E-state index is 12.9. The smallest absolute Gasteiger partial charge is 0.283 e. The van der Waals surface area contributed by atoms with E-state index in [9.17, 15) is 9.59 Å². The lowest BCUT2D eigenvalue weighted by Crippen LogP contribution is -2.32. The van der Waals surface area contributed by atoms with Crippen molar-refractivity contribution in [2.45, 2.75) is 6.92 Å². The van der Waals surface area contributed by atoms with E-state index in [1.54, 1.807) is 24.3 Å². The molecule has 1 N–H and O–H groups in total. The molecule has 0 fully saturated rings. The Morgan fingerprint density at radius 2 is 1.41 bits per heavy atom. The lowest BCUT2D eigenvalue weighted by molar-refractivity contribution is -0.120. The summed E-state index contributed by atoms with van der Waals surface area (Å²) >= 11 is 6.19. The van der Waals surface area contributed by atoms with Crippen molar-refractivity contribution in [3.05, 3.63) is 95.2 Å². The van der Waals surface area contributed by atoms with E-state index in [-0.39, 0.29) is 10.7 Å². The van der Waals surface area contributed by atoms with Gasteiger partial charge in [0.2, 0.25) is 0 Å². The van der Waals surface area contributed by atoms with Gasteiger partial charge < -0.3 is 10.1 Å². The van der Waals surface area contributed by atoms with Crippen molar-refractivity contribution >= 4 is 34.8 Å². The van der Waals surface area contributed by atoms with Crippen LogP contribution in [0, 0.1) is 6.92 Å². The molecule has 144 valence electrons. The summed E-state index contributed by atoms with van der Waals surface area (Å²) in [6, 6.07) is 23.5. The van der Waals surface area contributed by atoms with Gasteiger partial charge >= 0.3 is 0 Å². The summed E-state index contributed by atoms with van der Waals surface area (Å²) in [6.07, 6.45) is 0. The van der Waals surface area contributed by atoms with E-state index in [2.05, 4.69) is 5.32 Å². The first-order chi connectivity index (χ1) is 14.0.